The molecular formula is C15H29NO2. The molecule has 1 rings (SSSR count). The number of hydrogen-bond donors (Lipinski definition) is 2. The topological polar surface area (TPSA) is 63.3 Å². The van der Waals surface area contributed by atoms with Gasteiger partial charge in [0.15, 0.2) is 0 Å². The molecule has 0 spiro atoms. The Morgan fingerprint density at radius 3 is 2.17 bits per heavy atom. The number of carboxylic acid groups (broad SMARTS) is 1. The van der Waals surface area contributed by atoms with Gasteiger partial charge in [-0.25, -0.2) is 0 Å². The Hall–Kier alpha value is -0.570. The first-order chi connectivity index (χ1) is 8.08. The summed E-state index contributed by atoms with van der Waals surface area (Å²) in [4.78, 5) is 11.1. The molecule has 2 unspecified atom stereocenters. The van der Waals surface area contributed by atoms with Gasteiger partial charge in [0.1, 0.15) is 0 Å². The summed E-state index contributed by atoms with van der Waals surface area (Å²) < 4.78 is 0. The van der Waals surface area contributed by atoms with Gasteiger partial charge in [0.25, 0.3) is 0 Å². The molecule has 1 fully saturated rings. The van der Waals surface area contributed by atoms with E-state index in [0.29, 0.717) is 12.5 Å². The van der Waals surface area contributed by atoms with E-state index in [1.807, 2.05) is 0 Å². The van der Waals surface area contributed by atoms with Crippen molar-refractivity contribution in [3.63, 3.8) is 0 Å². The molecular weight excluding hydrogens is 226 g/mol. The lowest BCUT2D eigenvalue weighted by atomic mass is 9.58. The second-order valence-electron chi connectivity index (χ2n) is 7.51. The average Bonchev–Trinajstić information content (AvgIpc) is 2.58. The molecule has 3 nitrogen and oxygen atoms in total. The van der Waals surface area contributed by atoms with Gasteiger partial charge in [-0.2, -0.15) is 0 Å². The predicted molar refractivity (Wildman–Crippen MR) is 74.3 cm³/mol. The highest BCUT2D eigenvalue weighted by molar-refractivity contribution is 5.67. The maximum Gasteiger partial charge on any atom is 0.303 e. The molecule has 3 N–H and O–H groups in total. The van der Waals surface area contributed by atoms with Crippen LogP contribution >= 0.6 is 0 Å². The molecule has 0 heterocycles. The summed E-state index contributed by atoms with van der Waals surface area (Å²) in [6.07, 6.45) is 3.21. The summed E-state index contributed by atoms with van der Waals surface area (Å²) in [5.74, 6) is -0.159. The lowest BCUT2D eigenvalue weighted by Crippen LogP contribution is -2.41. The van der Waals surface area contributed by atoms with Crippen LogP contribution in [-0.4, -0.2) is 17.6 Å². The van der Waals surface area contributed by atoms with Gasteiger partial charge >= 0.3 is 5.97 Å². The van der Waals surface area contributed by atoms with E-state index in [-0.39, 0.29) is 22.7 Å². The minimum absolute atomic E-state index is 0.191. The zero-order valence-corrected chi connectivity index (χ0v) is 12.5. The molecule has 0 aromatic carbocycles. The van der Waals surface area contributed by atoms with Crippen molar-refractivity contribution >= 4 is 5.97 Å². The maximum absolute atomic E-state index is 11.1. The van der Waals surface area contributed by atoms with Crippen molar-refractivity contribution in [1.82, 2.24) is 0 Å². The van der Waals surface area contributed by atoms with Gasteiger partial charge in [0.05, 0.1) is 6.42 Å². The van der Waals surface area contributed by atoms with Crippen LogP contribution in [0.2, 0.25) is 0 Å². The van der Waals surface area contributed by atoms with E-state index in [1.165, 1.54) is 0 Å². The maximum atomic E-state index is 11.1. The van der Waals surface area contributed by atoms with Crippen molar-refractivity contribution in [2.75, 3.05) is 6.54 Å². The van der Waals surface area contributed by atoms with Gasteiger partial charge in [0, 0.05) is 0 Å². The average molecular weight is 255 g/mol. The van der Waals surface area contributed by atoms with E-state index in [1.54, 1.807) is 0 Å². The molecule has 1 aliphatic carbocycles. The zero-order chi connectivity index (χ0) is 14.2. The van der Waals surface area contributed by atoms with Gasteiger partial charge < -0.3 is 10.8 Å². The molecule has 0 saturated heterocycles. The Balaban J connectivity index is 3.05. The Morgan fingerprint density at radius 2 is 1.89 bits per heavy atom. The third-order valence-corrected chi connectivity index (χ3v) is 5.35. The van der Waals surface area contributed by atoms with Gasteiger partial charge in [-0.15, -0.1) is 0 Å². The van der Waals surface area contributed by atoms with Crippen molar-refractivity contribution in [2.45, 2.75) is 60.3 Å². The van der Waals surface area contributed by atoms with Crippen LogP contribution in [0, 0.1) is 22.2 Å². The van der Waals surface area contributed by atoms with Crippen LogP contribution in [0.5, 0.6) is 0 Å². The van der Waals surface area contributed by atoms with Crippen molar-refractivity contribution in [2.24, 2.45) is 27.9 Å². The van der Waals surface area contributed by atoms with Crippen LogP contribution in [0.3, 0.4) is 0 Å². The Kier molecular flexibility index (Phi) is 4.16. The molecule has 0 bridgehead atoms. The minimum atomic E-state index is -0.714. The summed E-state index contributed by atoms with van der Waals surface area (Å²) in [6.45, 7) is 11.8. The zero-order valence-electron chi connectivity index (χ0n) is 12.5. The second-order valence-corrected chi connectivity index (χ2v) is 7.51. The van der Waals surface area contributed by atoms with E-state index in [2.05, 4.69) is 34.6 Å². The third kappa shape index (κ3) is 2.56. The smallest absolute Gasteiger partial charge is 0.303 e. The molecule has 0 aliphatic heterocycles. The molecule has 1 saturated carbocycles. The number of carbonyl (C=O) groups is 1. The number of nitrogens with two attached hydrogens (primary N) is 1. The quantitative estimate of drug-likeness (QED) is 0.810. The fourth-order valence-corrected chi connectivity index (χ4v) is 4.05. The Bertz CT molecular complexity index is 319. The first-order valence-corrected chi connectivity index (χ1v) is 7.00. The van der Waals surface area contributed by atoms with Gasteiger partial charge in [-0.05, 0) is 48.0 Å². The van der Waals surface area contributed by atoms with E-state index in [9.17, 15) is 4.79 Å². The van der Waals surface area contributed by atoms with Gasteiger partial charge in [-0.3, -0.25) is 4.79 Å². The highest BCUT2D eigenvalue weighted by Crippen LogP contribution is 2.62. The highest BCUT2D eigenvalue weighted by Gasteiger charge is 2.54. The predicted octanol–water partition coefficient (Wildman–Crippen LogP) is 3.28. The number of aliphatic carboxylic acids is 1. The minimum Gasteiger partial charge on any atom is -0.481 e. The molecule has 2 atom stereocenters. The van der Waals surface area contributed by atoms with Crippen LogP contribution in [0.4, 0.5) is 0 Å². The molecule has 0 aromatic rings. The van der Waals surface area contributed by atoms with E-state index >= 15 is 0 Å². The molecule has 0 radical (unpaired) electrons. The molecule has 3 heteroatoms. The second kappa shape index (κ2) is 4.84. The summed E-state index contributed by atoms with van der Waals surface area (Å²) in [6, 6.07) is 0. The van der Waals surface area contributed by atoms with Crippen molar-refractivity contribution < 1.29 is 9.90 Å². The highest BCUT2D eigenvalue weighted by atomic mass is 16.4. The summed E-state index contributed by atoms with van der Waals surface area (Å²) in [5, 5.41) is 9.13. The van der Waals surface area contributed by atoms with Crippen molar-refractivity contribution in [3.8, 4) is 0 Å². The first-order valence-electron chi connectivity index (χ1n) is 7.00. The third-order valence-electron chi connectivity index (χ3n) is 5.35. The van der Waals surface area contributed by atoms with E-state index < -0.39 is 5.97 Å². The molecule has 18 heavy (non-hydrogen) atoms. The van der Waals surface area contributed by atoms with Crippen LogP contribution in [0.25, 0.3) is 0 Å². The normalized spacial score (nSPS) is 33.1. The lowest BCUT2D eigenvalue weighted by molar-refractivity contribution is -0.140. The van der Waals surface area contributed by atoms with Crippen molar-refractivity contribution in [3.05, 3.63) is 0 Å². The van der Waals surface area contributed by atoms with Crippen LogP contribution in [-0.2, 0) is 4.79 Å². The molecule has 0 amide bonds. The number of rotatable bonds is 4. The van der Waals surface area contributed by atoms with Crippen LogP contribution in [0.1, 0.15) is 60.3 Å². The van der Waals surface area contributed by atoms with Gasteiger partial charge in [-0.1, -0.05) is 34.6 Å². The SMILES string of the molecule is CC(C)C1(C(C)(C)C)CCC(CN)(CC(=O)O)C1. The van der Waals surface area contributed by atoms with E-state index in [4.69, 9.17) is 10.8 Å². The number of hydrogen-bond acceptors (Lipinski definition) is 2. The summed E-state index contributed by atoms with van der Waals surface area (Å²) >= 11 is 0. The molecule has 0 aromatic heterocycles. The first kappa shape index (κ1) is 15.5. The van der Waals surface area contributed by atoms with Crippen LogP contribution in [0.15, 0.2) is 0 Å². The molecule has 106 valence electrons. The van der Waals surface area contributed by atoms with Crippen LogP contribution < -0.4 is 5.73 Å². The fraction of sp³-hybridized carbons (Fsp3) is 0.933. The fourth-order valence-electron chi connectivity index (χ4n) is 4.05. The summed E-state index contributed by atoms with van der Waals surface area (Å²) in [7, 11) is 0. The van der Waals surface area contributed by atoms with Gasteiger partial charge in [0.2, 0.25) is 0 Å². The van der Waals surface area contributed by atoms with Crippen molar-refractivity contribution in [1.29, 1.82) is 0 Å². The number of carboxylic acids is 1. The van der Waals surface area contributed by atoms with E-state index in [0.717, 1.165) is 19.3 Å². The molecule has 1 aliphatic rings. The standard InChI is InChI=1S/C15H29NO2/c1-11(2)15(13(3,4)5)7-6-14(9-15,10-16)8-12(17)18/h11H,6-10,16H2,1-5H3,(H,17,18). The Morgan fingerprint density at radius 1 is 1.33 bits per heavy atom. The Labute approximate surface area is 111 Å². The largest absolute Gasteiger partial charge is 0.481 e. The monoisotopic (exact) mass is 255 g/mol. The lowest BCUT2D eigenvalue weighted by Gasteiger charge is -2.47. The summed E-state index contributed by atoms with van der Waals surface area (Å²) in [5.41, 5.74) is 6.13.